The number of esters is 2. The van der Waals surface area contributed by atoms with Gasteiger partial charge in [0.15, 0.2) is 5.78 Å². The molecule has 1 aliphatic rings. The molecule has 1 saturated heterocycles. The second-order valence-corrected chi connectivity index (χ2v) is 6.87. The molecule has 0 saturated carbocycles. The van der Waals surface area contributed by atoms with Gasteiger partial charge in [0.05, 0.1) is 6.42 Å². The maximum absolute atomic E-state index is 12.4. The Bertz CT molecular complexity index is 583. The zero-order valence-corrected chi connectivity index (χ0v) is 14.6. The van der Waals surface area contributed by atoms with Crippen LogP contribution in [-0.2, 0) is 33.4 Å². The van der Waals surface area contributed by atoms with Crippen molar-refractivity contribution in [3.8, 4) is 0 Å². The standard InChI is InChI=1S/C15H21NO9/c1-14(2,3)25-13(22)16-7(6-8(17)18)10(19)9-11(20)23-15(4,5)24-12(9)21/h7,9H,6H2,1-5H3,(H,16,22)(H,17,18). The first kappa shape index (κ1) is 20.4. The summed E-state index contributed by atoms with van der Waals surface area (Å²) in [5.74, 6) is -8.44. The maximum Gasteiger partial charge on any atom is 0.408 e. The molecule has 25 heavy (non-hydrogen) atoms. The molecule has 1 fully saturated rings. The molecule has 0 bridgehead atoms. The van der Waals surface area contributed by atoms with Crippen LogP contribution < -0.4 is 5.32 Å². The lowest BCUT2D eigenvalue weighted by molar-refractivity contribution is -0.238. The van der Waals surface area contributed by atoms with Gasteiger partial charge in [0.25, 0.3) is 5.79 Å². The van der Waals surface area contributed by atoms with E-state index < -0.39 is 59.6 Å². The van der Waals surface area contributed by atoms with E-state index in [0.29, 0.717) is 0 Å². The molecule has 0 spiro atoms. The third kappa shape index (κ3) is 6.05. The number of carboxylic acids is 1. The number of nitrogens with one attached hydrogen (secondary N) is 1. The number of hydrogen-bond donors (Lipinski definition) is 2. The van der Waals surface area contributed by atoms with Crippen LogP contribution in [-0.4, -0.2) is 52.3 Å². The van der Waals surface area contributed by atoms with Crippen LogP contribution in [0.2, 0.25) is 0 Å². The molecule has 0 aliphatic carbocycles. The minimum atomic E-state index is -1.98. The van der Waals surface area contributed by atoms with Crippen LogP contribution in [0.1, 0.15) is 41.0 Å². The van der Waals surface area contributed by atoms with Gasteiger partial charge in [-0.05, 0) is 20.8 Å². The fourth-order valence-corrected chi connectivity index (χ4v) is 2.00. The number of rotatable bonds is 5. The molecule has 0 aromatic heterocycles. The SMILES string of the molecule is CC(C)(C)OC(=O)NC(CC(=O)O)C(=O)C1C(=O)OC(C)(C)OC1=O. The van der Waals surface area contributed by atoms with E-state index in [9.17, 15) is 24.0 Å². The molecule has 1 heterocycles. The fraction of sp³-hybridized carbons (Fsp3) is 0.667. The maximum atomic E-state index is 12.4. The van der Waals surface area contributed by atoms with Gasteiger partial charge in [0, 0.05) is 13.8 Å². The molecule has 140 valence electrons. The smallest absolute Gasteiger partial charge is 0.408 e. The van der Waals surface area contributed by atoms with Crippen molar-refractivity contribution >= 4 is 29.8 Å². The van der Waals surface area contributed by atoms with E-state index in [2.05, 4.69) is 5.32 Å². The second kappa shape index (κ2) is 7.08. The molecular weight excluding hydrogens is 338 g/mol. The van der Waals surface area contributed by atoms with Crippen molar-refractivity contribution < 1.29 is 43.3 Å². The third-order valence-electron chi connectivity index (χ3n) is 2.86. The summed E-state index contributed by atoms with van der Waals surface area (Å²) in [7, 11) is 0. The molecule has 0 aromatic carbocycles. The minimum absolute atomic E-state index is 0.849. The number of ether oxygens (including phenoxy) is 3. The predicted octanol–water partition coefficient (Wildman–Crippen LogP) is 0.376. The first-order chi connectivity index (χ1) is 11.2. The average molecular weight is 359 g/mol. The summed E-state index contributed by atoms with van der Waals surface area (Å²) in [4.78, 5) is 59.0. The molecule has 10 nitrogen and oxygen atoms in total. The second-order valence-electron chi connectivity index (χ2n) is 6.87. The van der Waals surface area contributed by atoms with Gasteiger partial charge in [-0.25, -0.2) is 4.79 Å². The molecular formula is C15H21NO9. The largest absolute Gasteiger partial charge is 0.481 e. The number of hydrogen-bond acceptors (Lipinski definition) is 8. The summed E-state index contributed by atoms with van der Waals surface area (Å²) in [5, 5.41) is 11.0. The van der Waals surface area contributed by atoms with Crippen LogP contribution >= 0.6 is 0 Å². The monoisotopic (exact) mass is 359 g/mol. The normalized spacial score (nSPS) is 18.6. The Balaban J connectivity index is 2.97. The van der Waals surface area contributed by atoms with Crippen molar-refractivity contribution in [2.45, 2.75) is 58.5 Å². The number of Topliss-reactive ketones (excluding diaryl/α,β-unsaturated/α-hetero) is 1. The van der Waals surface area contributed by atoms with Crippen LogP contribution in [0, 0.1) is 5.92 Å². The van der Waals surface area contributed by atoms with Crippen LogP contribution in [0.25, 0.3) is 0 Å². The van der Waals surface area contributed by atoms with E-state index in [0.717, 1.165) is 0 Å². The van der Waals surface area contributed by atoms with Crippen molar-refractivity contribution in [2.75, 3.05) is 0 Å². The molecule has 0 aromatic rings. The van der Waals surface area contributed by atoms with Gasteiger partial charge in [-0.1, -0.05) is 0 Å². The number of amides is 1. The Morgan fingerprint density at radius 3 is 2.08 bits per heavy atom. The Labute approximate surface area is 143 Å². The first-order valence-electron chi connectivity index (χ1n) is 7.42. The fourth-order valence-electron chi connectivity index (χ4n) is 2.00. The van der Waals surface area contributed by atoms with Gasteiger partial charge in [-0.3, -0.25) is 19.2 Å². The number of carbonyl (C=O) groups excluding carboxylic acids is 4. The topological polar surface area (TPSA) is 145 Å². The molecule has 10 heteroatoms. The van der Waals surface area contributed by atoms with Gasteiger partial charge >= 0.3 is 24.0 Å². The summed E-state index contributed by atoms with van der Waals surface area (Å²) in [6, 6.07) is -1.67. The molecule has 1 amide bonds. The lowest BCUT2D eigenvalue weighted by Gasteiger charge is -2.33. The molecule has 1 aliphatic heterocycles. The van der Waals surface area contributed by atoms with E-state index in [1.807, 2.05) is 0 Å². The highest BCUT2D eigenvalue weighted by atomic mass is 16.7. The third-order valence-corrected chi connectivity index (χ3v) is 2.86. The van der Waals surface area contributed by atoms with Gasteiger partial charge in [0.1, 0.15) is 11.6 Å². The Morgan fingerprint density at radius 1 is 1.20 bits per heavy atom. The highest BCUT2D eigenvalue weighted by Crippen LogP contribution is 2.25. The van der Waals surface area contributed by atoms with Crippen molar-refractivity contribution in [1.82, 2.24) is 5.32 Å². The van der Waals surface area contributed by atoms with E-state index in [1.165, 1.54) is 13.8 Å². The molecule has 2 N–H and O–H groups in total. The zero-order chi connectivity index (χ0) is 19.6. The average Bonchev–Trinajstić information content (AvgIpc) is 2.31. The van der Waals surface area contributed by atoms with Crippen molar-refractivity contribution in [3.05, 3.63) is 0 Å². The minimum Gasteiger partial charge on any atom is -0.481 e. The molecule has 1 rings (SSSR count). The van der Waals surface area contributed by atoms with E-state index in [4.69, 9.17) is 19.3 Å². The summed E-state index contributed by atoms with van der Waals surface area (Å²) in [5.41, 5.74) is -0.895. The van der Waals surface area contributed by atoms with Gasteiger partial charge in [-0.15, -0.1) is 0 Å². The lowest BCUT2D eigenvalue weighted by Crippen LogP contribution is -2.55. The van der Waals surface area contributed by atoms with Gasteiger partial charge in [0.2, 0.25) is 5.92 Å². The zero-order valence-electron chi connectivity index (χ0n) is 14.6. The molecule has 1 unspecified atom stereocenters. The lowest BCUT2D eigenvalue weighted by atomic mass is 9.95. The number of alkyl carbamates (subject to hydrolysis) is 1. The van der Waals surface area contributed by atoms with Crippen LogP contribution in [0.3, 0.4) is 0 Å². The van der Waals surface area contributed by atoms with Crippen LogP contribution in [0.4, 0.5) is 4.79 Å². The Kier molecular flexibility index (Phi) is 5.77. The van der Waals surface area contributed by atoms with Gasteiger partial charge < -0.3 is 24.6 Å². The summed E-state index contributed by atoms with van der Waals surface area (Å²) in [6.07, 6.45) is -1.91. The number of ketones is 1. The summed E-state index contributed by atoms with van der Waals surface area (Å²) < 4.78 is 14.6. The Morgan fingerprint density at radius 2 is 1.68 bits per heavy atom. The number of carbonyl (C=O) groups is 5. The van der Waals surface area contributed by atoms with Crippen molar-refractivity contribution in [3.63, 3.8) is 0 Å². The summed E-state index contributed by atoms with van der Waals surface area (Å²) >= 11 is 0. The highest BCUT2D eigenvalue weighted by Gasteiger charge is 2.49. The van der Waals surface area contributed by atoms with Crippen LogP contribution in [0.15, 0.2) is 0 Å². The number of carboxylic acid groups (broad SMARTS) is 1. The quantitative estimate of drug-likeness (QED) is 0.525. The van der Waals surface area contributed by atoms with Crippen LogP contribution in [0.5, 0.6) is 0 Å². The van der Waals surface area contributed by atoms with E-state index >= 15 is 0 Å². The summed E-state index contributed by atoms with van der Waals surface area (Å²) in [6.45, 7) is 7.31. The molecule has 1 atom stereocenters. The van der Waals surface area contributed by atoms with Gasteiger partial charge in [-0.2, -0.15) is 0 Å². The number of cyclic esters (lactones) is 2. The molecule has 0 radical (unpaired) electrons. The highest BCUT2D eigenvalue weighted by molar-refractivity contribution is 6.18. The predicted molar refractivity (Wildman–Crippen MR) is 80.2 cm³/mol. The van der Waals surface area contributed by atoms with Crippen molar-refractivity contribution in [2.24, 2.45) is 5.92 Å². The van der Waals surface area contributed by atoms with Crippen molar-refractivity contribution in [1.29, 1.82) is 0 Å². The Hall–Kier alpha value is -2.65. The number of aliphatic carboxylic acids is 1. The van der Waals surface area contributed by atoms with E-state index in [1.54, 1.807) is 20.8 Å². The first-order valence-corrected chi connectivity index (χ1v) is 7.42. The van der Waals surface area contributed by atoms with E-state index in [-0.39, 0.29) is 0 Å².